The molecule has 0 spiro atoms. The van der Waals surface area contributed by atoms with Crippen molar-refractivity contribution in [3.8, 4) is 34.0 Å². The van der Waals surface area contributed by atoms with Crippen LogP contribution >= 0.6 is 0 Å². The zero-order valence-corrected chi connectivity index (χ0v) is 29.5. The molecule has 8 aromatic carbocycles. The first-order valence-corrected chi connectivity index (χ1v) is 18.6. The summed E-state index contributed by atoms with van der Waals surface area (Å²) in [5, 5.41) is 7.83. The lowest BCUT2D eigenvalue weighted by Crippen LogP contribution is -2.04. The van der Waals surface area contributed by atoms with Gasteiger partial charge in [-0.25, -0.2) is 9.97 Å². The summed E-state index contributed by atoms with van der Waals surface area (Å²) in [6.45, 7) is 0. The van der Waals surface area contributed by atoms with Crippen LogP contribution in [0.4, 0.5) is 0 Å². The maximum Gasteiger partial charge on any atom is 0.235 e. The maximum absolute atomic E-state index is 6.51. The normalized spacial score (nSPS) is 12.0. The Morgan fingerprint density at radius 1 is 0.364 bits per heavy atom. The van der Waals surface area contributed by atoms with Crippen molar-refractivity contribution >= 4 is 76.5 Å². The second kappa shape index (κ2) is 11.5. The topological polar surface area (TPSA) is 48.8 Å². The lowest BCUT2D eigenvalue weighted by atomic mass is 10.1. The van der Waals surface area contributed by atoms with E-state index in [1.165, 1.54) is 11.1 Å². The molecule has 5 nitrogen and oxygen atoms in total. The fourth-order valence-electron chi connectivity index (χ4n) is 8.66. The molecule has 0 N–H and O–H groups in total. The van der Waals surface area contributed by atoms with Crippen LogP contribution in [0.5, 0.6) is 0 Å². The van der Waals surface area contributed by atoms with Crippen molar-refractivity contribution in [2.75, 3.05) is 0 Å². The standard InChI is InChI=1S/C50H30N4O/c1-3-13-31(14-4-1)32-23-25-34(26-24-32)53-44-30-46-41(36-18-9-12-22-45(36)55-46)29-40(44)38-28-27-37-35-17-8-11-21-43(35)54(49(37)48(38)53)50-51-42-20-10-7-19-39(42)47(52-50)33-15-5-2-6-16-33/h1-30H. The van der Waals surface area contributed by atoms with E-state index in [0.717, 1.165) is 93.4 Å². The fraction of sp³-hybridized carbons (Fsp3) is 0. The van der Waals surface area contributed by atoms with Gasteiger partial charge in [0.25, 0.3) is 0 Å². The molecule has 0 radical (unpaired) electrons. The van der Waals surface area contributed by atoms with Gasteiger partial charge in [0.2, 0.25) is 5.95 Å². The quantitative estimate of drug-likeness (QED) is 0.183. The van der Waals surface area contributed by atoms with Gasteiger partial charge in [0.05, 0.1) is 33.3 Å². The van der Waals surface area contributed by atoms with E-state index in [4.69, 9.17) is 14.4 Å². The van der Waals surface area contributed by atoms with Gasteiger partial charge in [-0.15, -0.1) is 0 Å². The van der Waals surface area contributed by atoms with E-state index in [0.29, 0.717) is 5.95 Å². The predicted molar refractivity (Wildman–Crippen MR) is 226 cm³/mol. The first kappa shape index (κ1) is 30.0. The molecule has 0 saturated heterocycles. The van der Waals surface area contributed by atoms with Crippen LogP contribution in [0.15, 0.2) is 186 Å². The van der Waals surface area contributed by atoms with Crippen LogP contribution in [-0.4, -0.2) is 19.1 Å². The molecule has 256 valence electrons. The third-order valence-electron chi connectivity index (χ3n) is 11.1. The molecular weight excluding hydrogens is 673 g/mol. The summed E-state index contributed by atoms with van der Waals surface area (Å²) in [5.41, 5.74) is 12.3. The van der Waals surface area contributed by atoms with E-state index >= 15 is 0 Å². The molecule has 0 atom stereocenters. The molecule has 55 heavy (non-hydrogen) atoms. The smallest absolute Gasteiger partial charge is 0.235 e. The van der Waals surface area contributed by atoms with E-state index < -0.39 is 0 Å². The maximum atomic E-state index is 6.51. The van der Waals surface area contributed by atoms with Gasteiger partial charge in [-0.05, 0) is 47.5 Å². The van der Waals surface area contributed by atoms with Gasteiger partial charge >= 0.3 is 0 Å². The average Bonchev–Trinajstić information content (AvgIpc) is 3.90. The highest BCUT2D eigenvalue weighted by Gasteiger charge is 2.24. The van der Waals surface area contributed by atoms with Crippen LogP contribution in [0.3, 0.4) is 0 Å². The Labute approximate surface area is 315 Å². The van der Waals surface area contributed by atoms with Crippen molar-refractivity contribution in [2.24, 2.45) is 0 Å². The Kier molecular flexibility index (Phi) is 6.27. The predicted octanol–water partition coefficient (Wildman–Crippen LogP) is 13.1. The van der Waals surface area contributed by atoms with E-state index in [-0.39, 0.29) is 0 Å². The number of hydrogen-bond donors (Lipinski definition) is 0. The Morgan fingerprint density at radius 3 is 1.78 bits per heavy atom. The number of furan rings is 1. The molecule has 0 aliphatic carbocycles. The number of hydrogen-bond acceptors (Lipinski definition) is 3. The molecule has 0 aliphatic heterocycles. The first-order valence-electron chi connectivity index (χ1n) is 18.6. The monoisotopic (exact) mass is 702 g/mol. The van der Waals surface area contributed by atoms with Gasteiger partial charge < -0.3 is 8.98 Å². The molecule has 4 heterocycles. The zero-order valence-electron chi connectivity index (χ0n) is 29.5. The summed E-state index contributed by atoms with van der Waals surface area (Å²) in [6.07, 6.45) is 0. The Morgan fingerprint density at radius 2 is 0.982 bits per heavy atom. The molecular formula is C50H30N4O. The van der Waals surface area contributed by atoms with Gasteiger partial charge in [0.15, 0.2) is 0 Å². The molecule has 0 bridgehead atoms. The van der Waals surface area contributed by atoms with Gasteiger partial charge in [-0.2, -0.15) is 0 Å². The third-order valence-corrected chi connectivity index (χ3v) is 11.1. The van der Waals surface area contributed by atoms with Crippen molar-refractivity contribution in [1.29, 1.82) is 0 Å². The van der Waals surface area contributed by atoms with Gasteiger partial charge in [-0.1, -0.05) is 140 Å². The summed E-state index contributed by atoms with van der Waals surface area (Å²) < 4.78 is 11.2. The summed E-state index contributed by atoms with van der Waals surface area (Å²) >= 11 is 0. The highest BCUT2D eigenvalue weighted by Crippen LogP contribution is 2.44. The molecule has 0 fully saturated rings. The number of rotatable bonds is 4. The molecule has 4 aromatic heterocycles. The Bertz CT molecular complexity index is 3470. The molecule has 0 unspecified atom stereocenters. The van der Waals surface area contributed by atoms with E-state index in [1.807, 2.05) is 24.3 Å². The highest BCUT2D eigenvalue weighted by molar-refractivity contribution is 6.25. The van der Waals surface area contributed by atoms with Crippen LogP contribution < -0.4 is 0 Å². The third kappa shape index (κ3) is 4.41. The number of para-hydroxylation sites is 3. The van der Waals surface area contributed by atoms with Crippen molar-refractivity contribution in [2.45, 2.75) is 0 Å². The molecule has 5 heteroatoms. The first-order chi connectivity index (χ1) is 27.3. The van der Waals surface area contributed by atoms with E-state index in [9.17, 15) is 0 Å². The summed E-state index contributed by atoms with van der Waals surface area (Å²) in [5.74, 6) is 0.632. The Balaban J connectivity index is 1.24. The summed E-state index contributed by atoms with van der Waals surface area (Å²) in [4.78, 5) is 10.7. The van der Waals surface area contributed by atoms with Crippen LogP contribution in [0, 0.1) is 0 Å². The summed E-state index contributed by atoms with van der Waals surface area (Å²) in [7, 11) is 0. The molecule has 12 rings (SSSR count). The molecule has 0 amide bonds. The number of benzene rings is 8. The number of fused-ring (bicyclic) bond motifs is 11. The van der Waals surface area contributed by atoms with Crippen molar-refractivity contribution in [3.05, 3.63) is 182 Å². The van der Waals surface area contributed by atoms with Crippen LogP contribution in [0.25, 0.3) is 110 Å². The van der Waals surface area contributed by atoms with Crippen LogP contribution in [0.2, 0.25) is 0 Å². The Hall–Kier alpha value is -7.50. The lowest BCUT2D eigenvalue weighted by molar-refractivity contribution is 0.669. The molecule has 12 aromatic rings. The average molecular weight is 703 g/mol. The highest BCUT2D eigenvalue weighted by atomic mass is 16.3. The molecule has 0 aliphatic rings. The SMILES string of the molecule is c1ccc(-c2ccc(-n3c4cc5oc6ccccc6c5cc4c4ccc5c6ccccc6n(-c6nc(-c7ccccc7)c7ccccc7n6)c5c43)cc2)cc1. The minimum Gasteiger partial charge on any atom is -0.456 e. The van der Waals surface area contributed by atoms with Crippen molar-refractivity contribution < 1.29 is 4.42 Å². The fourth-order valence-corrected chi connectivity index (χ4v) is 8.66. The van der Waals surface area contributed by atoms with Crippen molar-refractivity contribution in [1.82, 2.24) is 19.1 Å². The zero-order chi connectivity index (χ0) is 36.0. The lowest BCUT2D eigenvalue weighted by Gasteiger charge is -2.14. The van der Waals surface area contributed by atoms with E-state index in [1.54, 1.807) is 0 Å². The number of aromatic nitrogens is 4. The van der Waals surface area contributed by atoms with Crippen LogP contribution in [0.1, 0.15) is 0 Å². The minimum atomic E-state index is 0.632. The van der Waals surface area contributed by atoms with E-state index in [2.05, 4.69) is 167 Å². The van der Waals surface area contributed by atoms with Crippen molar-refractivity contribution in [3.63, 3.8) is 0 Å². The van der Waals surface area contributed by atoms with Gasteiger partial charge in [0.1, 0.15) is 11.2 Å². The second-order valence-corrected chi connectivity index (χ2v) is 14.2. The minimum absolute atomic E-state index is 0.632. The second-order valence-electron chi connectivity index (χ2n) is 14.2. The summed E-state index contributed by atoms with van der Waals surface area (Å²) in [6, 6.07) is 64.2. The van der Waals surface area contributed by atoms with Gasteiger partial charge in [-0.3, -0.25) is 4.57 Å². The largest absolute Gasteiger partial charge is 0.456 e. The van der Waals surface area contributed by atoms with Crippen LogP contribution in [-0.2, 0) is 0 Å². The van der Waals surface area contributed by atoms with Gasteiger partial charge in [0, 0.05) is 55.0 Å². The number of nitrogens with zero attached hydrogens (tertiary/aromatic N) is 4. The molecule has 0 saturated carbocycles.